The molecular weight excluding hydrogens is 305 g/mol. The largest absolute Gasteiger partial charge is 0.325 e. The number of rotatable bonds is 6. The van der Waals surface area contributed by atoms with Crippen LogP contribution in [0.5, 0.6) is 0 Å². The maximum Gasteiger partial charge on any atom is 0.325 e. The van der Waals surface area contributed by atoms with Gasteiger partial charge in [-0.05, 0) is 22.8 Å². The summed E-state index contributed by atoms with van der Waals surface area (Å²) in [5.41, 5.74) is 0.776. The molecule has 0 fully saturated rings. The quantitative estimate of drug-likeness (QED) is 0.430. The van der Waals surface area contributed by atoms with Crippen LogP contribution in [0, 0.1) is 0 Å². The number of hydrogen-bond donors (Lipinski definition) is 3. The predicted octanol–water partition coefficient (Wildman–Crippen LogP) is 2.17. The second kappa shape index (κ2) is 7.03. The molecule has 0 radical (unpaired) electrons. The molecule has 0 aromatic heterocycles. The highest BCUT2D eigenvalue weighted by atomic mass is 31.2. The van der Waals surface area contributed by atoms with Gasteiger partial charge in [-0.25, -0.2) is 5.06 Å². The molecule has 0 saturated heterocycles. The highest BCUT2D eigenvalue weighted by Crippen LogP contribution is 2.34. The van der Waals surface area contributed by atoms with E-state index in [1.165, 1.54) is 0 Å². The summed E-state index contributed by atoms with van der Waals surface area (Å²) in [5, 5.41) is 12.2. The minimum absolute atomic E-state index is 0.0389. The van der Waals surface area contributed by atoms with E-state index in [0.717, 1.165) is 16.3 Å². The van der Waals surface area contributed by atoms with E-state index in [4.69, 9.17) is 9.79 Å². The monoisotopic (exact) mass is 323 g/mol. The fourth-order valence-electron chi connectivity index (χ4n) is 2.17. The Morgan fingerprint density at radius 3 is 2.45 bits per heavy atom. The molecular formula is C15H18NO5P. The highest BCUT2D eigenvalue weighted by Gasteiger charge is 2.16. The van der Waals surface area contributed by atoms with E-state index in [9.17, 15) is 14.6 Å². The van der Waals surface area contributed by atoms with E-state index in [-0.39, 0.29) is 25.5 Å². The van der Waals surface area contributed by atoms with Gasteiger partial charge in [-0.1, -0.05) is 42.5 Å². The Bertz CT molecular complexity index is 712. The van der Waals surface area contributed by atoms with E-state index in [2.05, 4.69) is 0 Å². The molecule has 0 spiro atoms. The molecule has 0 heterocycles. The van der Waals surface area contributed by atoms with Crippen molar-refractivity contribution in [1.82, 2.24) is 5.06 Å². The SMILES string of the molecule is O=C(Cc1ccc2ccccc2c1)N(O)CCCP(=O)(O)O. The maximum absolute atomic E-state index is 11.9. The Balaban J connectivity index is 1.93. The van der Waals surface area contributed by atoms with Gasteiger partial charge in [0.05, 0.1) is 12.6 Å². The molecule has 6 nitrogen and oxygen atoms in total. The molecule has 3 N–H and O–H groups in total. The molecule has 1 amide bonds. The normalized spacial score (nSPS) is 11.6. The third-order valence-electron chi connectivity index (χ3n) is 3.28. The molecule has 0 atom stereocenters. The average molecular weight is 323 g/mol. The first-order valence-corrected chi connectivity index (χ1v) is 8.66. The lowest BCUT2D eigenvalue weighted by molar-refractivity contribution is -0.164. The third kappa shape index (κ3) is 4.93. The summed E-state index contributed by atoms with van der Waals surface area (Å²) < 4.78 is 10.7. The van der Waals surface area contributed by atoms with Gasteiger partial charge in [0.1, 0.15) is 0 Å². The van der Waals surface area contributed by atoms with Gasteiger partial charge in [0.15, 0.2) is 0 Å². The van der Waals surface area contributed by atoms with E-state index in [1.54, 1.807) is 0 Å². The van der Waals surface area contributed by atoms with E-state index < -0.39 is 13.5 Å². The van der Waals surface area contributed by atoms with Crippen LogP contribution >= 0.6 is 7.60 Å². The topological polar surface area (TPSA) is 98.1 Å². The van der Waals surface area contributed by atoms with Crippen molar-refractivity contribution in [2.45, 2.75) is 12.8 Å². The van der Waals surface area contributed by atoms with Gasteiger partial charge < -0.3 is 9.79 Å². The lowest BCUT2D eigenvalue weighted by Gasteiger charge is -2.15. The number of benzene rings is 2. The zero-order chi connectivity index (χ0) is 16.2. The Kier molecular flexibility index (Phi) is 5.32. The van der Waals surface area contributed by atoms with Gasteiger partial charge in [0.2, 0.25) is 5.91 Å². The number of hydrogen-bond acceptors (Lipinski definition) is 3. The van der Waals surface area contributed by atoms with Crippen molar-refractivity contribution in [2.24, 2.45) is 0 Å². The summed E-state index contributed by atoms with van der Waals surface area (Å²) in [6.45, 7) is -0.0997. The fourth-order valence-corrected chi connectivity index (χ4v) is 2.72. The summed E-state index contributed by atoms with van der Waals surface area (Å²) in [6, 6.07) is 13.4. The van der Waals surface area contributed by atoms with Crippen LogP contribution < -0.4 is 0 Å². The van der Waals surface area contributed by atoms with Crippen molar-refractivity contribution < 1.29 is 24.4 Å². The second-order valence-corrected chi connectivity index (χ2v) is 6.89. The first-order chi connectivity index (χ1) is 10.3. The van der Waals surface area contributed by atoms with Crippen molar-refractivity contribution in [1.29, 1.82) is 0 Å². The third-order valence-corrected chi connectivity index (χ3v) is 4.18. The van der Waals surface area contributed by atoms with Crippen molar-refractivity contribution in [3.63, 3.8) is 0 Å². The van der Waals surface area contributed by atoms with E-state index in [1.807, 2.05) is 42.5 Å². The Morgan fingerprint density at radius 2 is 1.77 bits per heavy atom. The number of fused-ring (bicyclic) bond motifs is 1. The molecule has 118 valence electrons. The van der Waals surface area contributed by atoms with Crippen molar-refractivity contribution in [3.05, 3.63) is 48.0 Å². The minimum atomic E-state index is -4.10. The summed E-state index contributed by atoms with van der Waals surface area (Å²) in [6.07, 6.45) is -0.269. The molecule has 0 unspecified atom stereocenters. The van der Waals surface area contributed by atoms with Crippen molar-refractivity contribution in [2.75, 3.05) is 12.7 Å². The first kappa shape index (κ1) is 16.6. The number of nitrogens with zero attached hydrogens (tertiary/aromatic N) is 1. The molecule has 2 aromatic rings. The van der Waals surface area contributed by atoms with Crippen LogP contribution in [-0.4, -0.2) is 38.7 Å². The Labute approximate surface area is 128 Å². The van der Waals surface area contributed by atoms with Crippen LogP contribution in [-0.2, 0) is 15.8 Å². The molecule has 0 saturated carbocycles. The standard InChI is InChI=1S/C15H18NO5P/c17-15(16(18)8-3-9-22(19,20)21)11-12-6-7-13-4-1-2-5-14(13)10-12/h1-2,4-7,10,18H,3,8-9,11H2,(H2,19,20,21). The number of amides is 1. The van der Waals surface area contributed by atoms with Gasteiger partial charge in [-0.2, -0.15) is 0 Å². The van der Waals surface area contributed by atoms with Crippen LogP contribution in [0.3, 0.4) is 0 Å². The van der Waals surface area contributed by atoms with Crippen molar-refractivity contribution in [3.8, 4) is 0 Å². The predicted molar refractivity (Wildman–Crippen MR) is 82.7 cm³/mol. The zero-order valence-corrected chi connectivity index (χ0v) is 12.8. The molecule has 22 heavy (non-hydrogen) atoms. The van der Waals surface area contributed by atoms with Crippen LogP contribution in [0.4, 0.5) is 0 Å². The van der Waals surface area contributed by atoms with E-state index in [0.29, 0.717) is 5.06 Å². The molecule has 2 aromatic carbocycles. The number of carbonyl (C=O) groups is 1. The molecule has 0 aliphatic carbocycles. The fraction of sp³-hybridized carbons (Fsp3) is 0.267. The highest BCUT2D eigenvalue weighted by molar-refractivity contribution is 7.51. The summed E-state index contributed by atoms with van der Waals surface area (Å²) in [5.74, 6) is -0.499. The first-order valence-electron chi connectivity index (χ1n) is 6.87. The maximum atomic E-state index is 11.9. The van der Waals surface area contributed by atoms with Crippen LogP contribution in [0.25, 0.3) is 10.8 Å². The van der Waals surface area contributed by atoms with Gasteiger partial charge >= 0.3 is 7.60 Å². The molecule has 7 heteroatoms. The van der Waals surface area contributed by atoms with E-state index >= 15 is 0 Å². The van der Waals surface area contributed by atoms with Gasteiger partial charge in [-0.15, -0.1) is 0 Å². The molecule has 0 bridgehead atoms. The lowest BCUT2D eigenvalue weighted by Crippen LogP contribution is -2.30. The number of hydroxylamine groups is 2. The molecule has 2 rings (SSSR count). The second-order valence-electron chi connectivity index (χ2n) is 5.12. The number of carbonyl (C=O) groups excluding carboxylic acids is 1. The van der Waals surface area contributed by atoms with Crippen molar-refractivity contribution >= 4 is 24.3 Å². The lowest BCUT2D eigenvalue weighted by atomic mass is 10.0. The summed E-state index contributed by atoms with van der Waals surface area (Å²) in [4.78, 5) is 29.3. The summed E-state index contributed by atoms with van der Waals surface area (Å²) >= 11 is 0. The zero-order valence-electron chi connectivity index (χ0n) is 11.9. The van der Waals surface area contributed by atoms with Gasteiger partial charge in [-0.3, -0.25) is 14.6 Å². The molecule has 0 aliphatic rings. The Morgan fingerprint density at radius 1 is 1.09 bits per heavy atom. The van der Waals surface area contributed by atoms with Gasteiger partial charge in [0, 0.05) is 6.54 Å². The smallest absolute Gasteiger partial charge is 0.324 e. The average Bonchev–Trinajstić information content (AvgIpc) is 2.45. The Hall–Kier alpha value is -1.72. The van der Waals surface area contributed by atoms with Crippen LogP contribution in [0.15, 0.2) is 42.5 Å². The summed E-state index contributed by atoms with van der Waals surface area (Å²) in [7, 11) is -4.10. The minimum Gasteiger partial charge on any atom is -0.324 e. The molecule has 0 aliphatic heterocycles. The van der Waals surface area contributed by atoms with Crippen LogP contribution in [0.1, 0.15) is 12.0 Å². The van der Waals surface area contributed by atoms with Crippen LogP contribution in [0.2, 0.25) is 0 Å². The van der Waals surface area contributed by atoms with Gasteiger partial charge in [0.25, 0.3) is 0 Å².